The molecule has 0 spiro atoms. The van der Waals surface area contributed by atoms with Gasteiger partial charge in [-0.15, -0.1) is 0 Å². The van der Waals surface area contributed by atoms with Crippen LogP contribution in [0.15, 0.2) is 34.9 Å². The van der Waals surface area contributed by atoms with Crippen molar-refractivity contribution < 1.29 is 0 Å². The smallest absolute Gasteiger partial charge is 0.0136 e. The Labute approximate surface area is 109 Å². The largest absolute Gasteiger partial charge is 0.0881 e. The third kappa shape index (κ3) is 10.1. The maximum absolute atomic E-state index is 2.41. The van der Waals surface area contributed by atoms with E-state index in [1.807, 2.05) is 0 Å². The quantitative estimate of drug-likeness (QED) is 0.438. The molecule has 0 fully saturated rings. The SMILES string of the molecule is C/C=C(/C/C=C(\C)CCC=C(C)C)CCCC. The van der Waals surface area contributed by atoms with Crippen LogP contribution in [0, 0.1) is 0 Å². The standard InChI is InChI=1S/C17H30/c1-6-8-12-17(7-2)14-13-16(5)11-9-10-15(3)4/h7,10,13H,6,8-9,11-12,14H2,1-5H3/b16-13+,17-7+. The van der Waals surface area contributed by atoms with Gasteiger partial charge in [-0.25, -0.2) is 0 Å². The first-order valence-electron chi connectivity index (χ1n) is 7.03. The molecule has 0 heteroatoms. The lowest BCUT2D eigenvalue weighted by atomic mass is 10.0. The summed E-state index contributed by atoms with van der Waals surface area (Å²) in [5, 5.41) is 0. The molecule has 0 nitrogen and oxygen atoms in total. The third-order valence-electron chi connectivity index (χ3n) is 3.06. The van der Waals surface area contributed by atoms with Crippen LogP contribution in [0.4, 0.5) is 0 Å². The summed E-state index contributed by atoms with van der Waals surface area (Å²) in [6.07, 6.45) is 14.4. The molecule has 0 bridgehead atoms. The van der Waals surface area contributed by atoms with Crippen LogP contribution in [0.2, 0.25) is 0 Å². The number of hydrogen-bond donors (Lipinski definition) is 0. The lowest BCUT2D eigenvalue weighted by Gasteiger charge is -2.04. The zero-order valence-electron chi connectivity index (χ0n) is 12.5. The van der Waals surface area contributed by atoms with Crippen molar-refractivity contribution in [2.75, 3.05) is 0 Å². The highest BCUT2D eigenvalue weighted by atomic mass is 14.0. The minimum absolute atomic E-state index is 1.15. The van der Waals surface area contributed by atoms with E-state index < -0.39 is 0 Å². The zero-order chi connectivity index (χ0) is 13.1. The van der Waals surface area contributed by atoms with Crippen LogP contribution in [-0.2, 0) is 0 Å². The lowest BCUT2D eigenvalue weighted by molar-refractivity contribution is 0.772. The minimum Gasteiger partial charge on any atom is -0.0881 e. The van der Waals surface area contributed by atoms with Gasteiger partial charge in [-0.1, -0.05) is 48.3 Å². The van der Waals surface area contributed by atoms with Crippen LogP contribution < -0.4 is 0 Å². The monoisotopic (exact) mass is 234 g/mol. The van der Waals surface area contributed by atoms with Gasteiger partial charge in [0.1, 0.15) is 0 Å². The van der Waals surface area contributed by atoms with Gasteiger partial charge >= 0.3 is 0 Å². The lowest BCUT2D eigenvalue weighted by Crippen LogP contribution is -1.84. The molecule has 0 aromatic carbocycles. The van der Waals surface area contributed by atoms with Gasteiger partial charge in [-0.3, -0.25) is 0 Å². The summed E-state index contributed by atoms with van der Waals surface area (Å²) in [5.74, 6) is 0. The summed E-state index contributed by atoms with van der Waals surface area (Å²) in [6, 6.07) is 0. The van der Waals surface area contributed by atoms with E-state index >= 15 is 0 Å². The Morgan fingerprint density at radius 2 is 1.71 bits per heavy atom. The van der Waals surface area contributed by atoms with E-state index in [4.69, 9.17) is 0 Å². The van der Waals surface area contributed by atoms with E-state index in [9.17, 15) is 0 Å². The number of allylic oxidation sites excluding steroid dienone is 6. The summed E-state index contributed by atoms with van der Waals surface area (Å²) >= 11 is 0. The molecule has 0 aliphatic rings. The maximum atomic E-state index is 2.41. The molecule has 0 aliphatic carbocycles. The Kier molecular flexibility index (Phi) is 9.90. The zero-order valence-corrected chi connectivity index (χ0v) is 12.5. The third-order valence-corrected chi connectivity index (χ3v) is 3.06. The molecular formula is C17H30. The van der Waals surface area contributed by atoms with E-state index in [1.165, 1.54) is 43.3 Å². The molecule has 98 valence electrons. The Bertz CT molecular complexity index is 272. The van der Waals surface area contributed by atoms with Gasteiger partial charge in [0.2, 0.25) is 0 Å². The molecule has 0 saturated heterocycles. The Morgan fingerprint density at radius 3 is 2.24 bits per heavy atom. The van der Waals surface area contributed by atoms with Crippen LogP contribution in [0.3, 0.4) is 0 Å². The van der Waals surface area contributed by atoms with E-state index in [2.05, 4.69) is 52.8 Å². The van der Waals surface area contributed by atoms with Crippen LogP contribution in [0.25, 0.3) is 0 Å². The number of unbranched alkanes of at least 4 members (excludes halogenated alkanes) is 1. The molecule has 0 aromatic heterocycles. The molecule has 0 rings (SSSR count). The molecule has 17 heavy (non-hydrogen) atoms. The summed E-state index contributed by atoms with van der Waals surface area (Å²) in [7, 11) is 0. The first-order valence-corrected chi connectivity index (χ1v) is 7.03. The Hall–Kier alpha value is -0.780. The summed E-state index contributed by atoms with van der Waals surface area (Å²) < 4.78 is 0. The minimum atomic E-state index is 1.15. The molecule has 0 atom stereocenters. The van der Waals surface area contributed by atoms with Gasteiger partial charge in [-0.2, -0.15) is 0 Å². The van der Waals surface area contributed by atoms with Gasteiger partial charge < -0.3 is 0 Å². The summed E-state index contributed by atoms with van der Waals surface area (Å²) in [6.45, 7) is 11.0. The summed E-state index contributed by atoms with van der Waals surface area (Å²) in [5.41, 5.74) is 4.54. The Morgan fingerprint density at radius 1 is 1.00 bits per heavy atom. The first kappa shape index (κ1) is 16.2. The van der Waals surface area contributed by atoms with Crippen molar-refractivity contribution in [1.82, 2.24) is 0 Å². The fraction of sp³-hybridized carbons (Fsp3) is 0.647. The second-order valence-corrected chi connectivity index (χ2v) is 5.13. The molecule has 0 radical (unpaired) electrons. The molecule has 0 heterocycles. The highest BCUT2D eigenvalue weighted by molar-refractivity contribution is 5.11. The average Bonchev–Trinajstić information content (AvgIpc) is 2.29. The van der Waals surface area contributed by atoms with E-state index in [1.54, 1.807) is 5.57 Å². The topological polar surface area (TPSA) is 0 Å². The number of hydrogen-bond acceptors (Lipinski definition) is 0. The normalized spacial score (nSPS) is 12.8. The second-order valence-electron chi connectivity index (χ2n) is 5.13. The predicted molar refractivity (Wildman–Crippen MR) is 80.3 cm³/mol. The van der Waals surface area contributed by atoms with Crippen molar-refractivity contribution in [1.29, 1.82) is 0 Å². The van der Waals surface area contributed by atoms with E-state index in [0.717, 1.165) is 6.42 Å². The van der Waals surface area contributed by atoms with Crippen molar-refractivity contribution in [3.8, 4) is 0 Å². The first-order chi connectivity index (χ1) is 8.10. The maximum Gasteiger partial charge on any atom is -0.0136 e. The molecule has 0 unspecified atom stereocenters. The fourth-order valence-electron chi connectivity index (χ4n) is 1.76. The highest BCUT2D eigenvalue weighted by Gasteiger charge is 1.95. The average molecular weight is 234 g/mol. The molecular weight excluding hydrogens is 204 g/mol. The second kappa shape index (κ2) is 10.4. The van der Waals surface area contributed by atoms with Gasteiger partial charge in [0, 0.05) is 0 Å². The van der Waals surface area contributed by atoms with Gasteiger partial charge in [-0.05, 0) is 59.8 Å². The highest BCUT2D eigenvalue weighted by Crippen LogP contribution is 2.15. The molecule has 0 saturated carbocycles. The fourth-order valence-corrected chi connectivity index (χ4v) is 1.76. The van der Waals surface area contributed by atoms with Crippen molar-refractivity contribution in [2.45, 2.75) is 73.1 Å². The summed E-state index contributed by atoms with van der Waals surface area (Å²) in [4.78, 5) is 0. The van der Waals surface area contributed by atoms with Crippen LogP contribution >= 0.6 is 0 Å². The Balaban J connectivity index is 3.99. The molecule has 0 N–H and O–H groups in total. The van der Waals surface area contributed by atoms with Gasteiger partial charge in [0.15, 0.2) is 0 Å². The van der Waals surface area contributed by atoms with Crippen LogP contribution in [0.1, 0.15) is 73.1 Å². The molecule has 0 aromatic rings. The van der Waals surface area contributed by atoms with Gasteiger partial charge in [0.05, 0.1) is 0 Å². The number of rotatable bonds is 8. The van der Waals surface area contributed by atoms with Gasteiger partial charge in [0.25, 0.3) is 0 Å². The molecule has 0 amide bonds. The van der Waals surface area contributed by atoms with Crippen molar-refractivity contribution in [3.05, 3.63) is 34.9 Å². The van der Waals surface area contributed by atoms with Crippen LogP contribution in [-0.4, -0.2) is 0 Å². The van der Waals surface area contributed by atoms with Crippen molar-refractivity contribution >= 4 is 0 Å². The van der Waals surface area contributed by atoms with E-state index in [0.29, 0.717) is 0 Å². The van der Waals surface area contributed by atoms with E-state index in [-0.39, 0.29) is 0 Å². The molecule has 0 aliphatic heterocycles. The van der Waals surface area contributed by atoms with Crippen LogP contribution in [0.5, 0.6) is 0 Å². The van der Waals surface area contributed by atoms with Crippen molar-refractivity contribution in [3.63, 3.8) is 0 Å². The van der Waals surface area contributed by atoms with Crippen molar-refractivity contribution in [2.24, 2.45) is 0 Å². The predicted octanol–water partition coefficient (Wildman–Crippen LogP) is 6.21.